The van der Waals surface area contributed by atoms with Gasteiger partial charge in [-0.05, 0) is 94.3 Å². The highest BCUT2D eigenvalue weighted by Crippen LogP contribution is 2.45. The van der Waals surface area contributed by atoms with Crippen molar-refractivity contribution in [1.82, 2.24) is 0 Å². The molecule has 0 aliphatic heterocycles. The Labute approximate surface area is 313 Å². The topological polar surface area (TPSA) is 20.2 Å². The summed E-state index contributed by atoms with van der Waals surface area (Å²) in [6, 6.07) is 11.0. The molecular formula is C41H80OSi7. The molecule has 0 aliphatic rings. The van der Waals surface area contributed by atoms with Crippen molar-refractivity contribution in [3.8, 4) is 0 Å². The molecule has 1 unspecified atom stereocenters. The average Bonchev–Trinajstić information content (AvgIpc) is 2.76. The van der Waals surface area contributed by atoms with Crippen molar-refractivity contribution in [2.45, 2.75) is 174 Å². The molecule has 0 fully saturated rings. The SMILES string of the molecule is CC(C)=CC[Si](O)(c1c(C)cc(C)cc1C)c1c(C([Si](C)(C)C)[Si](C)(C)C)cc(C([Si](C)(C)C)[Si](C)(C)C)cc1C([Si](C)(C)C)[Si](C)(C)C. The van der Waals surface area contributed by atoms with Gasteiger partial charge >= 0.3 is 0 Å². The van der Waals surface area contributed by atoms with E-state index in [9.17, 15) is 4.80 Å². The Bertz CT molecular complexity index is 1390. The molecule has 2 aromatic carbocycles. The lowest BCUT2D eigenvalue weighted by atomic mass is 10.1. The molecule has 0 aliphatic carbocycles. The summed E-state index contributed by atoms with van der Waals surface area (Å²) in [5, 5.41) is 4.51. The summed E-state index contributed by atoms with van der Waals surface area (Å²) in [5.41, 5.74) is 10.0. The maximum atomic E-state index is 14.3. The molecular weight excluding hydrogens is 705 g/mol. The predicted molar refractivity (Wildman–Crippen MR) is 247 cm³/mol. The Hall–Kier alpha value is -0.342. The summed E-state index contributed by atoms with van der Waals surface area (Å²) in [6.45, 7) is 58.6. The standard InChI is InChI=1S/C41H80OSi7/c1-30(2)24-25-49(42,37-32(4)26-31(3)27-33(37)5)38-35(40(45(12,13)14)46(15,16)17)28-34(39(43(6,7)8)44(9,10)11)29-36(38)41(47(18,19)20)48(21,22)23/h24,26-29,39-42H,25H2,1-23H3. The van der Waals surface area contributed by atoms with E-state index in [0.717, 1.165) is 6.04 Å². The zero-order chi connectivity index (χ0) is 38.7. The molecule has 49 heavy (non-hydrogen) atoms. The Morgan fingerprint density at radius 1 is 0.510 bits per heavy atom. The number of benzene rings is 2. The van der Waals surface area contributed by atoms with Crippen LogP contribution in [-0.4, -0.2) is 61.6 Å². The maximum Gasteiger partial charge on any atom is 0.257 e. The fraction of sp³-hybridized carbons (Fsp3) is 0.659. The van der Waals surface area contributed by atoms with E-state index in [2.05, 4.69) is 183 Å². The van der Waals surface area contributed by atoms with Crippen LogP contribution in [0, 0.1) is 20.8 Å². The highest BCUT2D eigenvalue weighted by Gasteiger charge is 2.51. The predicted octanol–water partition coefficient (Wildman–Crippen LogP) is 12.1. The minimum atomic E-state index is -3.32. The highest BCUT2D eigenvalue weighted by atomic mass is 28.4. The quantitative estimate of drug-likeness (QED) is 0.158. The van der Waals surface area contributed by atoms with Gasteiger partial charge in [0.15, 0.2) is 0 Å². The van der Waals surface area contributed by atoms with Gasteiger partial charge < -0.3 is 4.80 Å². The van der Waals surface area contributed by atoms with Gasteiger partial charge in [0.2, 0.25) is 0 Å². The van der Waals surface area contributed by atoms with Crippen molar-refractivity contribution in [1.29, 1.82) is 0 Å². The monoisotopic (exact) mass is 784 g/mol. The van der Waals surface area contributed by atoms with Gasteiger partial charge in [0, 0.05) is 48.4 Å². The first-order chi connectivity index (χ1) is 21.6. The number of aryl methyl sites for hydroxylation is 3. The lowest BCUT2D eigenvalue weighted by Gasteiger charge is -2.48. The van der Waals surface area contributed by atoms with Gasteiger partial charge in [-0.3, -0.25) is 0 Å². The lowest BCUT2D eigenvalue weighted by molar-refractivity contribution is 0.568. The first kappa shape index (κ1) is 44.8. The summed E-state index contributed by atoms with van der Waals surface area (Å²) < 4.78 is 0. The van der Waals surface area contributed by atoms with Crippen molar-refractivity contribution in [2.75, 3.05) is 0 Å². The second-order valence-electron chi connectivity index (χ2n) is 22.7. The molecule has 1 N–H and O–H groups in total. The van der Waals surface area contributed by atoms with Gasteiger partial charge in [-0.2, -0.15) is 0 Å². The van der Waals surface area contributed by atoms with Gasteiger partial charge in [-0.15, -0.1) is 0 Å². The minimum Gasteiger partial charge on any atom is -0.424 e. The van der Waals surface area contributed by atoms with E-state index in [-0.39, 0.29) is 0 Å². The van der Waals surface area contributed by atoms with Crippen molar-refractivity contribution in [2.24, 2.45) is 0 Å². The molecule has 0 saturated heterocycles. The van der Waals surface area contributed by atoms with Gasteiger partial charge in [0.05, 0.1) is 0 Å². The van der Waals surface area contributed by atoms with Crippen molar-refractivity contribution >= 4 is 67.1 Å². The second-order valence-corrected chi connectivity index (χ2v) is 59.4. The van der Waals surface area contributed by atoms with Crippen LogP contribution in [0.5, 0.6) is 0 Å². The smallest absolute Gasteiger partial charge is 0.257 e. The second kappa shape index (κ2) is 14.8. The van der Waals surface area contributed by atoms with E-state index in [0.29, 0.717) is 15.5 Å². The Morgan fingerprint density at radius 2 is 0.816 bits per heavy atom. The Balaban J connectivity index is 3.69. The molecule has 2 rings (SSSR count). The van der Waals surface area contributed by atoms with Crippen LogP contribution in [0.3, 0.4) is 0 Å². The molecule has 0 radical (unpaired) electrons. The average molecular weight is 786 g/mol. The van der Waals surface area contributed by atoms with Crippen molar-refractivity contribution < 1.29 is 4.80 Å². The fourth-order valence-electron chi connectivity index (χ4n) is 11.1. The summed E-state index contributed by atoms with van der Waals surface area (Å²) in [7, 11) is -13.5. The third-order valence-electron chi connectivity index (χ3n) is 10.7. The number of hydrogen-bond donors (Lipinski definition) is 1. The largest absolute Gasteiger partial charge is 0.424 e. The molecule has 1 atom stereocenters. The van der Waals surface area contributed by atoms with Crippen molar-refractivity contribution in [3.63, 3.8) is 0 Å². The molecule has 278 valence electrons. The van der Waals surface area contributed by atoms with Crippen LogP contribution in [0.4, 0.5) is 0 Å². The molecule has 0 heterocycles. The Kier molecular flexibility index (Phi) is 13.6. The van der Waals surface area contributed by atoms with E-state index in [1.807, 2.05) is 0 Å². The number of allylic oxidation sites excluding steroid dienone is 2. The van der Waals surface area contributed by atoms with Crippen LogP contribution in [0.25, 0.3) is 0 Å². The number of rotatable bonds is 13. The summed E-state index contributed by atoms with van der Waals surface area (Å²) >= 11 is 0. The zero-order valence-corrected chi connectivity index (χ0v) is 43.8. The lowest BCUT2D eigenvalue weighted by Crippen LogP contribution is -2.65. The number of hydrogen-bond acceptors (Lipinski definition) is 1. The zero-order valence-electron chi connectivity index (χ0n) is 36.8. The molecule has 0 amide bonds. The summed E-state index contributed by atoms with van der Waals surface area (Å²) in [5.74, 6) is 0. The van der Waals surface area contributed by atoms with E-state index >= 15 is 0 Å². The fourth-order valence-corrected chi connectivity index (χ4v) is 54.0. The van der Waals surface area contributed by atoms with Gasteiger partial charge in [-0.25, -0.2) is 0 Å². The molecule has 8 heteroatoms. The summed E-state index contributed by atoms with van der Waals surface area (Å²) in [6.07, 6.45) is 2.40. The van der Waals surface area contributed by atoms with Crippen LogP contribution >= 0.6 is 0 Å². The van der Waals surface area contributed by atoms with Crippen LogP contribution in [-0.2, 0) is 0 Å². The van der Waals surface area contributed by atoms with E-state index in [4.69, 9.17) is 0 Å². The van der Waals surface area contributed by atoms with Gasteiger partial charge in [-0.1, -0.05) is 159 Å². The van der Waals surface area contributed by atoms with Gasteiger partial charge in [0.1, 0.15) is 0 Å². The normalized spacial score (nSPS) is 15.3. The van der Waals surface area contributed by atoms with E-state index in [1.165, 1.54) is 32.6 Å². The minimum absolute atomic E-state index is 0.554. The van der Waals surface area contributed by atoms with E-state index < -0.39 is 56.8 Å². The third kappa shape index (κ3) is 10.4. The molecule has 0 aromatic heterocycles. The maximum absolute atomic E-state index is 14.3. The first-order valence-corrected chi connectivity index (χ1v) is 42.8. The highest BCUT2D eigenvalue weighted by molar-refractivity contribution is 7.02. The molecule has 0 bridgehead atoms. The van der Waals surface area contributed by atoms with E-state index in [1.54, 1.807) is 16.7 Å². The first-order valence-electron chi connectivity index (χ1n) is 19.2. The van der Waals surface area contributed by atoms with Crippen LogP contribution in [0.15, 0.2) is 35.9 Å². The van der Waals surface area contributed by atoms with Gasteiger partial charge in [0.25, 0.3) is 8.32 Å². The molecule has 0 spiro atoms. The Morgan fingerprint density at radius 3 is 1.08 bits per heavy atom. The van der Waals surface area contributed by atoms with Crippen LogP contribution < -0.4 is 10.4 Å². The van der Waals surface area contributed by atoms with Crippen LogP contribution in [0.2, 0.25) is 124 Å². The molecule has 0 saturated carbocycles. The van der Waals surface area contributed by atoms with Crippen molar-refractivity contribution in [3.05, 3.63) is 69.3 Å². The third-order valence-corrected chi connectivity index (χ3v) is 42.4. The van der Waals surface area contributed by atoms with Crippen LogP contribution in [0.1, 0.15) is 62.7 Å². The summed E-state index contributed by atoms with van der Waals surface area (Å²) in [4.78, 5) is 14.3. The molecule has 1 nitrogen and oxygen atoms in total. The molecule has 2 aromatic rings.